The second kappa shape index (κ2) is 6.10. The lowest BCUT2D eigenvalue weighted by molar-refractivity contribution is 0.208. The molecule has 116 valence electrons. The van der Waals surface area contributed by atoms with E-state index in [4.69, 9.17) is 11.6 Å². The molecule has 0 unspecified atom stereocenters. The highest BCUT2D eigenvalue weighted by Gasteiger charge is 2.29. The van der Waals surface area contributed by atoms with Crippen LogP contribution in [0.1, 0.15) is 31.2 Å². The van der Waals surface area contributed by atoms with Gasteiger partial charge in [-0.05, 0) is 55.5 Å². The first-order valence-electron chi connectivity index (χ1n) is 7.33. The Balaban J connectivity index is 1.97. The number of phenolic OH excluding ortho intramolecular Hbond substituents is 1. The van der Waals surface area contributed by atoms with Crippen molar-refractivity contribution in [2.75, 3.05) is 11.9 Å². The summed E-state index contributed by atoms with van der Waals surface area (Å²) in [5.74, 6) is 1.20. The molecule has 1 saturated carbocycles. The molecule has 1 aliphatic rings. The first-order valence-corrected chi connectivity index (χ1v) is 7.71. The van der Waals surface area contributed by atoms with E-state index in [1.165, 1.54) is 6.07 Å². The number of aliphatic hydroxyl groups is 1. The highest BCUT2D eigenvalue weighted by molar-refractivity contribution is 6.30. The molecule has 2 aromatic rings. The molecule has 0 spiro atoms. The largest absolute Gasteiger partial charge is 0.507 e. The summed E-state index contributed by atoms with van der Waals surface area (Å²) in [6, 6.07) is 6.95. The Morgan fingerprint density at radius 1 is 1.32 bits per heavy atom. The number of hydrogen-bond acceptors (Lipinski definition) is 5. The number of aromatic nitrogens is 2. The van der Waals surface area contributed by atoms with Crippen LogP contribution in [0, 0.1) is 0 Å². The van der Waals surface area contributed by atoms with Crippen LogP contribution in [-0.4, -0.2) is 33.1 Å². The van der Waals surface area contributed by atoms with E-state index < -0.39 is 6.10 Å². The third kappa shape index (κ3) is 3.31. The lowest BCUT2D eigenvalue weighted by Crippen LogP contribution is -2.16. The second-order valence-corrected chi connectivity index (χ2v) is 6.14. The molecule has 0 saturated heterocycles. The zero-order valence-corrected chi connectivity index (χ0v) is 13.0. The third-order valence-corrected chi connectivity index (χ3v) is 3.87. The molecule has 1 atom stereocenters. The summed E-state index contributed by atoms with van der Waals surface area (Å²) in [7, 11) is 0. The molecular formula is C16H18ClN3O2. The van der Waals surface area contributed by atoms with Crippen LogP contribution < -0.4 is 5.32 Å². The number of aliphatic hydroxyl groups excluding tert-OH is 1. The highest BCUT2D eigenvalue weighted by Crippen LogP contribution is 2.45. The summed E-state index contributed by atoms with van der Waals surface area (Å²) in [5.41, 5.74) is 2.40. The molecule has 1 fully saturated rings. The van der Waals surface area contributed by atoms with Crippen LogP contribution in [0.4, 0.5) is 5.82 Å². The first kappa shape index (κ1) is 15.1. The van der Waals surface area contributed by atoms with Gasteiger partial charge < -0.3 is 15.5 Å². The van der Waals surface area contributed by atoms with E-state index in [0.29, 0.717) is 34.6 Å². The summed E-state index contributed by atoms with van der Waals surface area (Å²) < 4.78 is 0. The molecule has 0 radical (unpaired) electrons. The van der Waals surface area contributed by atoms with E-state index in [2.05, 4.69) is 15.5 Å². The first-order chi connectivity index (χ1) is 10.5. The minimum absolute atomic E-state index is 0.105. The van der Waals surface area contributed by atoms with Gasteiger partial charge in [0.2, 0.25) is 0 Å². The molecule has 22 heavy (non-hydrogen) atoms. The van der Waals surface area contributed by atoms with Crippen LogP contribution in [0.2, 0.25) is 5.02 Å². The zero-order valence-electron chi connectivity index (χ0n) is 12.3. The molecule has 6 heteroatoms. The van der Waals surface area contributed by atoms with E-state index in [0.717, 1.165) is 18.4 Å². The number of nitrogens with zero attached hydrogens (tertiary/aromatic N) is 2. The molecule has 0 amide bonds. The van der Waals surface area contributed by atoms with Crippen molar-refractivity contribution in [2.45, 2.75) is 31.8 Å². The van der Waals surface area contributed by atoms with Crippen LogP contribution in [0.3, 0.4) is 0 Å². The number of anilines is 1. The van der Waals surface area contributed by atoms with Gasteiger partial charge in [-0.3, -0.25) is 0 Å². The molecule has 3 rings (SSSR count). The van der Waals surface area contributed by atoms with Gasteiger partial charge in [0.25, 0.3) is 0 Å². The molecule has 1 aromatic heterocycles. The summed E-state index contributed by atoms with van der Waals surface area (Å²) in [4.78, 5) is 0. The maximum Gasteiger partial charge on any atom is 0.149 e. The van der Waals surface area contributed by atoms with Crippen molar-refractivity contribution < 1.29 is 10.2 Å². The van der Waals surface area contributed by atoms with Crippen molar-refractivity contribution in [3.05, 3.63) is 34.9 Å². The predicted molar refractivity (Wildman–Crippen MR) is 86.3 cm³/mol. The lowest BCUT2D eigenvalue weighted by Gasteiger charge is -2.12. The monoisotopic (exact) mass is 319 g/mol. The predicted octanol–water partition coefficient (Wildman–Crippen LogP) is 3.17. The summed E-state index contributed by atoms with van der Waals surface area (Å²) in [5, 5.41) is 31.4. The molecule has 0 aliphatic heterocycles. The highest BCUT2D eigenvalue weighted by atomic mass is 35.5. The van der Waals surface area contributed by atoms with E-state index in [9.17, 15) is 10.2 Å². The minimum atomic E-state index is -0.453. The average molecular weight is 320 g/mol. The lowest BCUT2D eigenvalue weighted by atomic mass is 10.0. The van der Waals surface area contributed by atoms with Crippen molar-refractivity contribution in [1.82, 2.24) is 10.2 Å². The average Bonchev–Trinajstić information content (AvgIpc) is 3.30. The molecule has 1 aromatic carbocycles. The smallest absolute Gasteiger partial charge is 0.149 e. The molecule has 0 bridgehead atoms. The number of halogens is 1. The standard InChI is InChI=1S/C16H18ClN3O2/c1-9(21)8-18-15-7-13(10-2-3-10)16(20-19-15)12-5-4-11(17)6-14(12)22/h4-7,9-10,21-22H,2-3,8H2,1H3,(H,18,19)/t9-/m1/s1. The molecule has 3 N–H and O–H groups in total. The fraction of sp³-hybridized carbons (Fsp3) is 0.375. The number of aromatic hydroxyl groups is 1. The Bertz CT molecular complexity index is 687. The van der Waals surface area contributed by atoms with Crippen LogP contribution in [0.25, 0.3) is 11.3 Å². The minimum Gasteiger partial charge on any atom is -0.507 e. The van der Waals surface area contributed by atoms with Crippen molar-refractivity contribution in [3.63, 3.8) is 0 Å². The van der Waals surface area contributed by atoms with E-state index in [1.54, 1.807) is 19.1 Å². The third-order valence-electron chi connectivity index (χ3n) is 3.63. The molecular weight excluding hydrogens is 302 g/mol. The summed E-state index contributed by atoms with van der Waals surface area (Å²) in [6.45, 7) is 2.13. The SMILES string of the molecule is C[C@@H](O)CNc1cc(C2CC2)c(-c2ccc(Cl)cc2O)nn1. The van der Waals surface area contributed by atoms with Crippen molar-refractivity contribution >= 4 is 17.4 Å². The number of hydrogen-bond donors (Lipinski definition) is 3. The van der Waals surface area contributed by atoms with Gasteiger partial charge in [0.15, 0.2) is 0 Å². The van der Waals surface area contributed by atoms with Crippen LogP contribution >= 0.6 is 11.6 Å². The van der Waals surface area contributed by atoms with Gasteiger partial charge in [0.1, 0.15) is 17.3 Å². The Labute approximate surface area is 134 Å². The molecule has 1 heterocycles. The fourth-order valence-electron chi connectivity index (χ4n) is 2.36. The van der Waals surface area contributed by atoms with Crippen molar-refractivity contribution in [2.24, 2.45) is 0 Å². The molecule has 1 aliphatic carbocycles. The Morgan fingerprint density at radius 3 is 2.73 bits per heavy atom. The molecule has 5 nitrogen and oxygen atoms in total. The van der Waals surface area contributed by atoms with Crippen LogP contribution in [0.5, 0.6) is 5.75 Å². The fourth-order valence-corrected chi connectivity index (χ4v) is 2.53. The maximum absolute atomic E-state index is 10.1. The second-order valence-electron chi connectivity index (χ2n) is 5.70. The summed E-state index contributed by atoms with van der Waals surface area (Å²) in [6.07, 6.45) is 1.78. The Morgan fingerprint density at radius 2 is 2.09 bits per heavy atom. The Kier molecular flexibility index (Phi) is 4.18. The topological polar surface area (TPSA) is 78.3 Å². The van der Waals surface area contributed by atoms with Gasteiger partial charge in [-0.25, -0.2) is 0 Å². The van der Waals surface area contributed by atoms with E-state index in [1.807, 2.05) is 6.07 Å². The maximum atomic E-state index is 10.1. The van der Waals surface area contributed by atoms with Gasteiger partial charge in [-0.15, -0.1) is 10.2 Å². The van der Waals surface area contributed by atoms with Gasteiger partial charge in [0.05, 0.1) is 6.10 Å². The van der Waals surface area contributed by atoms with Crippen molar-refractivity contribution in [3.8, 4) is 17.0 Å². The Hall–Kier alpha value is -1.85. The van der Waals surface area contributed by atoms with Crippen LogP contribution in [0.15, 0.2) is 24.3 Å². The van der Waals surface area contributed by atoms with Gasteiger partial charge >= 0.3 is 0 Å². The number of benzene rings is 1. The van der Waals surface area contributed by atoms with Crippen LogP contribution in [-0.2, 0) is 0 Å². The van der Waals surface area contributed by atoms with E-state index in [-0.39, 0.29) is 5.75 Å². The number of nitrogens with one attached hydrogen (secondary N) is 1. The zero-order chi connectivity index (χ0) is 15.7. The van der Waals surface area contributed by atoms with Crippen molar-refractivity contribution in [1.29, 1.82) is 0 Å². The van der Waals surface area contributed by atoms with Gasteiger partial charge in [-0.2, -0.15) is 0 Å². The quantitative estimate of drug-likeness (QED) is 0.789. The summed E-state index contributed by atoms with van der Waals surface area (Å²) >= 11 is 5.89. The normalized spacial score (nSPS) is 15.6. The number of rotatable bonds is 5. The van der Waals surface area contributed by atoms with Gasteiger partial charge in [-0.1, -0.05) is 11.6 Å². The van der Waals surface area contributed by atoms with E-state index >= 15 is 0 Å². The number of phenols is 1. The van der Waals surface area contributed by atoms with Gasteiger partial charge in [0, 0.05) is 17.1 Å².